The lowest BCUT2D eigenvalue weighted by molar-refractivity contribution is 0.477. The highest BCUT2D eigenvalue weighted by molar-refractivity contribution is 6.29. The van der Waals surface area contributed by atoms with Crippen LogP contribution in [0.5, 0.6) is 5.75 Å². The minimum atomic E-state index is 0.184. The molecule has 0 amide bonds. The van der Waals surface area contributed by atoms with E-state index in [9.17, 15) is 5.11 Å². The van der Waals surface area contributed by atoms with E-state index >= 15 is 0 Å². The lowest BCUT2D eigenvalue weighted by Gasteiger charge is -2.01. The van der Waals surface area contributed by atoms with E-state index in [-0.39, 0.29) is 5.75 Å². The number of phenolic OH excluding ortho intramolecular Hbond substituents is 1. The topological polar surface area (TPSA) is 46.0 Å². The van der Waals surface area contributed by atoms with Crippen LogP contribution in [0.25, 0.3) is 11.3 Å². The van der Waals surface area contributed by atoms with Gasteiger partial charge in [0.05, 0.1) is 5.69 Å². The number of aromatic hydroxyl groups is 1. The van der Waals surface area contributed by atoms with E-state index in [1.807, 2.05) is 6.07 Å². The van der Waals surface area contributed by atoms with Gasteiger partial charge in [0.1, 0.15) is 5.75 Å². The van der Waals surface area contributed by atoms with Gasteiger partial charge >= 0.3 is 0 Å². The maximum absolute atomic E-state index is 9.53. The van der Waals surface area contributed by atoms with Crippen molar-refractivity contribution in [2.24, 2.45) is 0 Å². The van der Waals surface area contributed by atoms with Gasteiger partial charge in [-0.3, -0.25) is 0 Å². The van der Waals surface area contributed by atoms with Gasteiger partial charge < -0.3 is 5.11 Å². The van der Waals surface area contributed by atoms with Gasteiger partial charge in [0.2, 0.25) is 0 Å². The molecule has 1 N–H and O–H groups in total. The van der Waals surface area contributed by atoms with E-state index in [4.69, 9.17) is 11.6 Å². The summed E-state index contributed by atoms with van der Waals surface area (Å²) in [5.74, 6) is 0.184. The Morgan fingerprint density at radius 2 is 1.79 bits per heavy atom. The number of hydrogen-bond donors (Lipinski definition) is 1. The maximum atomic E-state index is 9.53. The molecular weight excluding hydrogens is 200 g/mol. The predicted octanol–water partition coefficient (Wildman–Crippen LogP) is 2.50. The molecule has 1 aromatic heterocycles. The van der Waals surface area contributed by atoms with E-state index < -0.39 is 0 Å². The van der Waals surface area contributed by atoms with E-state index in [0.29, 0.717) is 16.4 Å². The number of halogens is 1. The Morgan fingerprint density at radius 3 is 2.43 bits per heavy atom. The van der Waals surface area contributed by atoms with Crippen LogP contribution in [0.4, 0.5) is 0 Å². The van der Waals surface area contributed by atoms with Crippen LogP contribution in [0.1, 0.15) is 0 Å². The number of nitrogens with zero attached hydrogens (tertiary/aromatic N) is 2. The van der Waals surface area contributed by atoms with Crippen LogP contribution in [0.3, 0.4) is 0 Å². The van der Waals surface area contributed by atoms with Gasteiger partial charge in [-0.05, 0) is 24.3 Å². The van der Waals surface area contributed by atoms with E-state index in [0.717, 1.165) is 0 Å². The minimum Gasteiger partial charge on any atom is -0.507 e. The molecule has 70 valence electrons. The Labute approximate surface area is 86.0 Å². The second kappa shape index (κ2) is 3.64. The predicted molar refractivity (Wildman–Crippen MR) is 54.1 cm³/mol. The molecular formula is C10H7ClN2O. The van der Waals surface area contributed by atoms with Crippen molar-refractivity contribution in [1.82, 2.24) is 10.2 Å². The zero-order valence-electron chi connectivity index (χ0n) is 7.18. The van der Waals surface area contributed by atoms with Crippen molar-refractivity contribution in [3.8, 4) is 17.0 Å². The molecule has 0 saturated heterocycles. The maximum Gasteiger partial charge on any atom is 0.151 e. The molecule has 0 aliphatic rings. The molecule has 0 bridgehead atoms. The average Bonchev–Trinajstić information content (AvgIpc) is 2.20. The molecule has 1 heterocycles. The number of aromatic nitrogens is 2. The van der Waals surface area contributed by atoms with Gasteiger partial charge in [-0.2, -0.15) is 0 Å². The Bertz CT molecular complexity index is 442. The molecule has 4 heteroatoms. The molecule has 0 atom stereocenters. The highest BCUT2D eigenvalue weighted by Gasteiger charge is 2.04. The molecule has 0 fully saturated rings. The summed E-state index contributed by atoms with van der Waals surface area (Å²) in [6, 6.07) is 10.3. The number of hydrogen-bond acceptors (Lipinski definition) is 3. The van der Waals surface area contributed by atoms with Crippen LogP contribution in [0.2, 0.25) is 5.15 Å². The molecule has 0 spiro atoms. The Morgan fingerprint density at radius 1 is 1.00 bits per heavy atom. The fourth-order valence-corrected chi connectivity index (χ4v) is 1.25. The van der Waals surface area contributed by atoms with Gasteiger partial charge in [0.15, 0.2) is 5.15 Å². The van der Waals surface area contributed by atoms with Gasteiger partial charge in [0.25, 0.3) is 0 Å². The second-order valence-corrected chi connectivity index (χ2v) is 3.15. The minimum absolute atomic E-state index is 0.184. The molecule has 0 aliphatic carbocycles. The summed E-state index contributed by atoms with van der Waals surface area (Å²) in [4.78, 5) is 0. The summed E-state index contributed by atoms with van der Waals surface area (Å²) in [6.45, 7) is 0. The standard InChI is InChI=1S/C10H7ClN2O/c11-10-6-5-8(12-13-10)7-3-1-2-4-9(7)14/h1-6,14H. The lowest BCUT2D eigenvalue weighted by atomic mass is 10.1. The number of benzene rings is 1. The first kappa shape index (κ1) is 8.97. The van der Waals surface area contributed by atoms with Crippen LogP contribution >= 0.6 is 11.6 Å². The summed E-state index contributed by atoms with van der Waals surface area (Å²) in [5.41, 5.74) is 1.25. The van der Waals surface area contributed by atoms with Gasteiger partial charge in [-0.15, -0.1) is 10.2 Å². The average molecular weight is 207 g/mol. The summed E-state index contributed by atoms with van der Waals surface area (Å²) in [5, 5.41) is 17.4. The summed E-state index contributed by atoms with van der Waals surface area (Å²) >= 11 is 5.60. The first-order valence-electron chi connectivity index (χ1n) is 4.05. The van der Waals surface area contributed by atoms with E-state index in [2.05, 4.69) is 10.2 Å². The number of phenols is 1. The highest BCUT2D eigenvalue weighted by atomic mass is 35.5. The smallest absolute Gasteiger partial charge is 0.151 e. The molecule has 0 saturated carbocycles. The zero-order chi connectivity index (χ0) is 9.97. The zero-order valence-corrected chi connectivity index (χ0v) is 7.94. The van der Waals surface area contributed by atoms with Gasteiger partial charge in [-0.25, -0.2) is 0 Å². The van der Waals surface area contributed by atoms with Crippen molar-refractivity contribution in [3.63, 3.8) is 0 Å². The molecule has 2 rings (SSSR count). The van der Waals surface area contributed by atoms with Crippen LogP contribution in [-0.4, -0.2) is 15.3 Å². The molecule has 14 heavy (non-hydrogen) atoms. The molecule has 2 aromatic rings. The first-order chi connectivity index (χ1) is 6.77. The number of para-hydroxylation sites is 1. The number of rotatable bonds is 1. The van der Waals surface area contributed by atoms with Crippen molar-refractivity contribution in [3.05, 3.63) is 41.6 Å². The van der Waals surface area contributed by atoms with Crippen molar-refractivity contribution in [2.75, 3.05) is 0 Å². The third kappa shape index (κ3) is 1.67. The van der Waals surface area contributed by atoms with Crippen molar-refractivity contribution in [2.45, 2.75) is 0 Å². The summed E-state index contributed by atoms with van der Waals surface area (Å²) < 4.78 is 0. The largest absolute Gasteiger partial charge is 0.507 e. The SMILES string of the molecule is Oc1ccccc1-c1ccc(Cl)nn1. The second-order valence-electron chi connectivity index (χ2n) is 2.76. The van der Waals surface area contributed by atoms with Crippen molar-refractivity contribution >= 4 is 11.6 Å². The molecule has 0 unspecified atom stereocenters. The normalized spacial score (nSPS) is 10.1. The molecule has 0 radical (unpaired) electrons. The Kier molecular flexibility index (Phi) is 2.33. The Hall–Kier alpha value is -1.61. The lowest BCUT2D eigenvalue weighted by Crippen LogP contribution is -1.87. The summed E-state index contributed by atoms with van der Waals surface area (Å²) in [7, 11) is 0. The fourth-order valence-electron chi connectivity index (χ4n) is 1.15. The molecule has 1 aromatic carbocycles. The molecule has 0 aliphatic heterocycles. The van der Waals surface area contributed by atoms with Crippen molar-refractivity contribution in [1.29, 1.82) is 0 Å². The first-order valence-corrected chi connectivity index (χ1v) is 4.43. The van der Waals surface area contributed by atoms with Crippen LogP contribution in [0.15, 0.2) is 36.4 Å². The van der Waals surface area contributed by atoms with E-state index in [1.54, 1.807) is 30.3 Å². The summed E-state index contributed by atoms with van der Waals surface area (Å²) in [6.07, 6.45) is 0. The van der Waals surface area contributed by atoms with Crippen molar-refractivity contribution < 1.29 is 5.11 Å². The Balaban J connectivity index is 2.50. The van der Waals surface area contributed by atoms with Crippen LogP contribution in [-0.2, 0) is 0 Å². The van der Waals surface area contributed by atoms with Crippen LogP contribution < -0.4 is 0 Å². The van der Waals surface area contributed by atoms with E-state index in [1.165, 1.54) is 0 Å². The fraction of sp³-hybridized carbons (Fsp3) is 0. The molecule has 3 nitrogen and oxygen atoms in total. The third-order valence-electron chi connectivity index (χ3n) is 1.81. The van der Waals surface area contributed by atoms with Gasteiger partial charge in [-0.1, -0.05) is 23.7 Å². The highest BCUT2D eigenvalue weighted by Crippen LogP contribution is 2.26. The quantitative estimate of drug-likeness (QED) is 0.780. The van der Waals surface area contributed by atoms with Gasteiger partial charge in [0, 0.05) is 5.56 Å². The van der Waals surface area contributed by atoms with Crippen LogP contribution in [0, 0.1) is 0 Å². The monoisotopic (exact) mass is 206 g/mol. The third-order valence-corrected chi connectivity index (χ3v) is 2.01.